The van der Waals surface area contributed by atoms with Gasteiger partial charge in [0, 0.05) is 22.2 Å². The molecule has 0 spiro atoms. The van der Waals surface area contributed by atoms with Crippen molar-refractivity contribution in [2.24, 2.45) is 0 Å². The van der Waals surface area contributed by atoms with Gasteiger partial charge < -0.3 is 14.8 Å². The van der Waals surface area contributed by atoms with Crippen molar-refractivity contribution >= 4 is 39.1 Å². The Kier molecular flexibility index (Phi) is 6.38. The summed E-state index contributed by atoms with van der Waals surface area (Å²) in [5.74, 6) is 1.32. The maximum atomic E-state index is 6.16. The lowest BCUT2D eigenvalue weighted by Gasteiger charge is -2.15. The molecule has 0 amide bonds. The topological polar surface area (TPSA) is 30.5 Å². The van der Waals surface area contributed by atoms with Crippen LogP contribution in [0.1, 0.15) is 11.1 Å². The van der Waals surface area contributed by atoms with E-state index in [0.717, 1.165) is 22.1 Å². The number of hydrogen-bond donors (Lipinski definition) is 1. The molecule has 0 bridgehead atoms. The Bertz CT molecular complexity index is 665. The molecule has 0 unspecified atom stereocenters. The molecule has 6 heteroatoms. The van der Waals surface area contributed by atoms with Crippen LogP contribution < -0.4 is 14.8 Å². The van der Waals surface area contributed by atoms with Gasteiger partial charge in [-0.15, -0.1) is 0 Å². The van der Waals surface area contributed by atoms with Gasteiger partial charge >= 0.3 is 0 Å². The Morgan fingerprint density at radius 1 is 1.18 bits per heavy atom. The van der Waals surface area contributed by atoms with E-state index in [0.29, 0.717) is 28.2 Å². The molecule has 0 atom stereocenters. The molecule has 0 saturated carbocycles. The van der Waals surface area contributed by atoms with Gasteiger partial charge in [0.2, 0.25) is 0 Å². The van der Waals surface area contributed by atoms with Crippen LogP contribution >= 0.6 is 39.1 Å². The van der Waals surface area contributed by atoms with E-state index in [1.165, 1.54) is 0 Å². The predicted molar refractivity (Wildman–Crippen MR) is 94.3 cm³/mol. The third-order valence-electron chi connectivity index (χ3n) is 3.06. The van der Waals surface area contributed by atoms with E-state index in [-0.39, 0.29) is 0 Å². The third-order valence-corrected chi connectivity index (χ3v) is 4.23. The lowest BCUT2D eigenvalue weighted by Crippen LogP contribution is -2.06. The highest BCUT2D eigenvalue weighted by molar-refractivity contribution is 9.10. The van der Waals surface area contributed by atoms with Gasteiger partial charge in [-0.25, -0.2) is 0 Å². The van der Waals surface area contributed by atoms with Crippen molar-refractivity contribution in [3.63, 3.8) is 0 Å². The highest BCUT2D eigenvalue weighted by atomic mass is 79.9. The van der Waals surface area contributed by atoms with E-state index < -0.39 is 0 Å². The lowest BCUT2D eigenvalue weighted by atomic mass is 10.2. The van der Waals surface area contributed by atoms with E-state index in [1.807, 2.05) is 25.2 Å². The molecular formula is C16H16BrCl2NO2. The van der Waals surface area contributed by atoms with E-state index in [4.69, 9.17) is 32.7 Å². The van der Waals surface area contributed by atoms with Crippen molar-refractivity contribution in [1.82, 2.24) is 5.32 Å². The van der Waals surface area contributed by atoms with Gasteiger partial charge in [0.15, 0.2) is 11.5 Å². The molecule has 0 saturated heterocycles. The first-order chi connectivity index (χ1) is 10.5. The fourth-order valence-electron chi connectivity index (χ4n) is 2.01. The van der Waals surface area contributed by atoms with Gasteiger partial charge in [0.05, 0.1) is 11.6 Å². The predicted octanol–water partition coefficient (Wildman–Crippen LogP) is 5.06. The highest BCUT2D eigenvalue weighted by Crippen LogP contribution is 2.37. The van der Waals surface area contributed by atoms with Crippen LogP contribution in [0.25, 0.3) is 0 Å². The van der Waals surface area contributed by atoms with Crippen molar-refractivity contribution in [3.05, 3.63) is 56.0 Å². The molecule has 2 aromatic rings. The molecule has 2 rings (SSSR count). The van der Waals surface area contributed by atoms with E-state index >= 15 is 0 Å². The van der Waals surface area contributed by atoms with Crippen LogP contribution in [0.4, 0.5) is 0 Å². The van der Waals surface area contributed by atoms with Gasteiger partial charge in [0.25, 0.3) is 0 Å². The minimum Gasteiger partial charge on any atom is -0.493 e. The summed E-state index contributed by atoms with van der Waals surface area (Å²) >= 11 is 15.6. The number of benzene rings is 2. The summed E-state index contributed by atoms with van der Waals surface area (Å²) in [5, 5.41) is 4.28. The monoisotopic (exact) mass is 403 g/mol. The zero-order valence-electron chi connectivity index (χ0n) is 12.3. The van der Waals surface area contributed by atoms with E-state index in [2.05, 4.69) is 21.2 Å². The van der Waals surface area contributed by atoms with E-state index in [9.17, 15) is 0 Å². The summed E-state index contributed by atoms with van der Waals surface area (Å²) in [6.45, 7) is 1.08. The summed E-state index contributed by atoms with van der Waals surface area (Å²) in [6.07, 6.45) is 0. The largest absolute Gasteiger partial charge is 0.493 e. The fourth-order valence-corrected chi connectivity index (χ4v) is 3.08. The molecule has 0 radical (unpaired) electrons. The van der Waals surface area contributed by atoms with Crippen molar-refractivity contribution in [2.75, 3.05) is 14.2 Å². The normalized spacial score (nSPS) is 10.6. The number of hydrogen-bond acceptors (Lipinski definition) is 3. The van der Waals surface area contributed by atoms with Crippen LogP contribution in [-0.2, 0) is 13.2 Å². The van der Waals surface area contributed by atoms with Gasteiger partial charge in [-0.2, -0.15) is 0 Å². The van der Waals surface area contributed by atoms with Crippen molar-refractivity contribution < 1.29 is 9.47 Å². The van der Waals surface area contributed by atoms with Crippen LogP contribution in [0, 0.1) is 0 Å². The van der Waals surface area contributed by atoms with Crippen LogP contribution in [0.15, 0.2) is 34.8 Å². The Morgan fingerprint density at radius 2 is 1.95 bits per heavy atom. The number of ether oxygens (including phenoxy) is 2. The molecule has 0 aliphatic carbocycles. The first-order valence-corrected chi connectivity index (χ1v) is 8.17. The lowest BCUT2D eigenvalue weighted by molar-refractivity contribution is 0.282. The number of rotatable bonds is 6. The average Bonchev–Trinajstić information content (AvgIpc) is 2.47. The minimum absolute atomic E-state index is 0.330. The molecule has 0 aromatic heterocycles. The zero-order chi connectivity index (χ0) is 16.1. The Balaban J connectivity index is 2.21. The standard InChI is InChI=1S/C16H16BrCl2NO2/c1-20-8-10-5-13(17)16(15(6-10)21-2)22-9-11-3-4-12(18)7-14(11)19/h3-7,20H,8-9H2,1-2H3. The van der Waals surface area contributed by atoms with Gasteiger partial charge in [0.1, 0.15) is 6.61 Å². The van der Waals surface area contributed by atoms with Gasteiger partial charge in [-0.05, 0) is 52.8 Å². The quantitative estimate of drug-likeness (QED) is 0.729. The highest BCUT2D eigenvalue weighted by Gasteiger charge is 2.12. The van der Waals surface area contributed by atoms with Gasteiger partial charge in [-0.1, -0.05) is 29.3 Å². The summed E-state index contributed by atoms with van der Waals surface area (Å²) in [7, 11) is 3.51. The van der Waals surface area contributed by atoms with Crippen LogP contribution in [-0.4, -0.2) is 14.2 Å². The van der Waals surface area contributed by atoms with Gasteiger partial charge in [-0.3, -0.25) is 0 Å². The maximum Gasteiger partial charge on any atom is 0.175 e. The smallest absolute Gasteiger partial charge is 0.175 e. The molecule has 0 heterocycles. The van der Waals surface area contributed by atoms with Crippen LogP contribution in [0.3, 0.4) is 0 Å². The molecule has 0 fully saturated rings. The molecule has 0 aliphatic heterocycles. The molecular weight excluding hydrogens is 389 g/mol. The summed E-state index contributed by atoms with van der Waals surface area (Å²) < 4.78 is 12.1. The van der Waals surface area contributed by atoms with E-state index in [1.54, 1.807) is 19.2 Å². The Morgan fingerprint density at radius 3 is 2.59 bits per heavy atom. The first kappa shape index (κ1) is 17.4. The third kappa shape index (κ3) is 4.29. The van der Waals surface area contributed by atoms with Crippen molar-refractivity contribution in [2.45, 2.75) is 13.2 Å². The number of halogens is 3. The average molecular weight is 405 g/mol. The second kappa shape index (κ2) is 8.06. The van der Waals surface area contributed by atoms with Crippen molar-refractivity contribution in [3.8, 4) is 11.5 Å². The van der Waals surface area contributed by atoms with Crippen LogP contribution in [0.5, 0.6) is 11.5 Å². The number of nitrogens with one attached hydrogen (secondary N) is 1. The molecule has 1 N–H and O–H groups in total. The molecule has 0 aliphatic rings. The second-order valence-corrected chi connectivity index (χ2v) is 6.36. The second-order valence-electron chi connectivity index (χ2n) is 4.66. The first-order valence-electron chi connectivity index (χ1n) is 6.63. The Labute approximate surface area is 148 Å². The fraction of sp³-hybridized carbons (Fsp3) is 0.250. The van der Waals surface area contributed by atoms with Crippen molar-refractivity contribution in [1.29, 1.82) is 0 Å². The maximum absolute atomic E-state index is 6.16. The Hall–Kier alpha value is -0.940. The zero-order valence-corrected chi connectivity index (χ0v) is 15.3. The SMILES string of the molecule is CNCc1cc(Br)c(OCc2ccc(Cl)cc2Cl)c(OC)c1. The molecule has 22 heavy (non-hydrogen) atoms. The number of methoxy groups -OCH3 is 1. The molecule has 2 aromatic carbocycles. The summed E-state index contributed by atoms with van der Waals surface area (Å²) in [6, 6.07) is 9.27. The minimum atomic E-state index is 0.330. The summed E-state index contributed by atoms with van der Waals surface area (Å²) in [5.41, 5.74) is 1.96. The van der Waals surface area contributed by atoms with Crippen LogP contribution in [0.2, 0.25) is 10.0 Å². The summed E-state index contributed by atoms with van der Waals surface area (Å²) in [4.78, 5) is 0. The molecule has 118 valence electrons. The molecule has 3 nitrogen and oxygen atoms in total.